The SMILES string of the molecule is C[C@@H](C(O)CO)C(NC(=O)OCC1c2ccccc2-c2ccccc21)C(=O)OC(C1CC1)C1CC1. The summed E-state index contributed by atoms with van der Waals surface area (Å²) in [5.41, 5.74) is 4.45. The zero-order valence-electron chi connectivity index (χ0n) is 19.9. The monoisotopic (exact) mass is 479 g/mol. The molecule has 0 spiro atoms. The lowest BCUT2D eigenvalue weighted by molar-refractivity contribution is -0.156. The van der Waals surface area contributed by atoms with E-state index in [2.05, 4.69) is 17.4 Å². The fourth-order valence-electron chi connectivity index (χ4n) is 5.19. The quantitative estimate of drug-likeness (QED) is 0.450. The summed E-state index contributed by atoms with van der Waals surface area (Å²) in [6, 6.07) is 15.0. The highest BCUT2D eigenvalue weighted by Crippen LogP contribution is 2.47. The maximum Gasteiger partial charge on any atom is 0.407 e. The van der Waals surface area contributed by atoms with E-state index >= 15 is 0 Å². The van der Waals surface area contributed by atoms with Crippen LogP contribution in [0.2, 0.25) is 0 Å². The molecule has 3 aliphatic carbocycles. The number of alkyl carbamates (subject to hydrolysis) is 1. The summed E-state index contributed by atoms with van der Waals surface area (Å²) in [6.07, 6.45) is 2.14. The lowest BCUT2D eigenvalue weighted by Gasteiger charge is -2.28. The minimum Gasteiger partial charge on any atom is -0.460 e. The average Bonchev–Trinajstić information content (AvgIpc) is 3.81. The Morgan fingerprint density at radius 3 is 2.03 bits per heavy atom. The number of amides is 1. The summed E-state index contributed by atoms with van der Waals surface area (Å²) in [5.74, 6) is -0.651. The Hall–Kier alpha value is -2.90. The van der Waals surface area contributed by atoms with Crippen molar-refractivity contribution in [2.75, 3.05) is 13.2 Å². The van der Waals surface area contributed by atoms with Crippen molar-refractivity contribution >= 4 is 12.1 Å². The molecule has 35 heavy (non-hydrogen) atoms. The van der Waals surface area contributed by atoms with E-state index in [-0.39, 0.29) is 18.6 Å². The minimum atomic E-state index is -1.18. The maximum atomic E-state index is 13.1. The fraction of sp³-hybridized carbons (Fsp3) is 0.500. The van der Waals surface area contributed by atoms with E-state index in [1.165, 1.54) is 0 Å². The van der Waals surface area contributed by atoms with Crippen molar-refractivity contribution in [3.8, 4) is 11.1 Å². The number of esters is 1. The number of fused-ring (bicyclic) bond motifs is 3. The van der Waals surface area contributed by atoms with E-state index in [4.69, 9.17) is 9.47 Å². The predicted octanol–water partition coefficient (Wildman–Crippen LogP) is 3.61. The standard InChI is InChI=1S/C28H33NO6/c1-16(24(31)14-30)25(27(32)35-26(17-10-11-17)18-12-13-18)29-28(33)34-15-23-21-8-4-2-6-19(21)20-7-3-5-9-22(20)23/h2-9,16-18,23-26,30-31H,10-15H2,1H3,(H,29,33)/t16-,24?,25?/m0/s1. The normalized spacial score (nSPS) is 19.4. The van der Waals surface area contributed by atoms with Crippen LogP contribution in [0, 0.1) is 17.8 Å². The highest BCUT2D eigenvalue weighted by Gasteiger charge is 2.46. The third-order valence-corrected chi connectivity index (χ3v) is 7.62. The van der Waals surface area contributed by atoms with Gasteiger partial charge in [0.1, 0.15) is 18.8 Å². The van der Waals surface area contributed by atoms with E-state index in [0.29, 0.717) is 11.8 Å². The van der Waals surface area contributed by atoms with Crippen LogP contribution in [-0.2, 0) is 14.3 Å². The third-order valence-electron chi connectivity index (χ3n) is 7.62. The van der Waals surface area contributed by atoms with Crippen LogP contribution in [0.3, 0.4) is 0 Å². The van der Waals surface area contributed by atoms with Gasteiger partial charge in [0.15, 0.2) is 0 Å². The van der Waals surface area contributed by atoms with Crippen molar-refractivity contribution in [2.45, 2.75) is 56.8 Å². The van der Waals surface area contributed by atoms with Gasteiger partial charge in [0.2, 0.25) is 0 Å². The van der Waals surface area contributed by atoms with Gasteiger partial charge in [0.05, 0.1) is 12.7 Å². The Morgan fingerprint density at radius 2 is 1.51 bits per heavy atom. The number of nitrogens with one attached hydrogen (secondary N) is 1. The Morgan fingerprint density at radius 1 is 0.971 bits per heavy atom. The van der Waals surface area contributed by atoms with Crippen LogP contribution >= 0.6 is 0 Å². The van der Waals surface area contributed by atoms with Gasteiger partial charge in [-0.2, -0.15) is 0 Å². The Labute approximate surface area is 205 Å². The van der Waals surface area contributed by atoms with Crippen molar-refractivity contribution in [2.24, 2.45) is 17.8 Å². The highest BCUT2D eigenvalue weighted by atomic mass is 16.6. The number of aliphatic hydroxyl groups is 2. The van der Waals surface area contributed by atoms with Crippen molar-refractivity contribution < 1.29 is 29.3 Å². The molecular formula is C28H33NO6. The molecule has 0 aliphatic heterocycles. The molecule has 7 nitrogen and oxygen atoms in total. The molecule has 2 unspecified atom stereocenters. The summed E-state index contributed by atoms with van der Waals surface area (Å²) >= 11 is 0. The second-order valence-electron chi connectivity index (χ2n) is 10.1. The average molecular weight is 480 g/mol. The molecule has 7 heteroatoms. The summed E-state index contributed by atoms with van der Waals surface area (Å²) in [7, 11) is 0. The summed E-state index contributed by atoms with van der Waals surface area (Å²) in [4.78, 5) is 26.0. The van der Waals surface area contributed by atoms with Gasteiger partial charge in [-0.05, 0) is 59.8 Å². The van der Waals surface area contributed by atoms with E-state index in [0.717, 1.165) is 47.9 Å². The molecule has 2 saturated carbocycles. The largest absolute Gasteiger partial charge is 0.460 e. The van der Waals surface area contributed by atoms with Gasteiger partial charge in [-0.3, -0.25) is 0 Å². The molecule has 0 radical (unpaired) electrons. The lowest BCUT2D eigenvalue weighted by Crippen LogP contribution is -2.51. The van der Waals surface area contributed by atoms with Crippen molar-refractivity contribution in [1.29, 1.82) is 0 Å². The van der Waals surface area contributed by atoms with Gasteiger partial charge < -0.3 is 25.0 Å². The van der Waals surface area contributed by atoms with Crippen LogP contribution in [0.5, 0.6) is 0 Å². The third kappa shape index (κ3) is 5.07. The Kier molecular flexibility index (Phi) is 6.80. The number of rotatable bonds is 10. The van der Waals surface area contributed by atoms with Crippen LogP contribution in [0.25, 0.3) is 11.1 Å². The Bertz CT molecular complexity index is 1020. The van der Waals surface area contributed by atoms with Gasteiger partial charge in [-0.1, -0.05) is 55.5 Å². The number of ether oxygens (including phenoxy) is 2. The first-order chi connectivity index (χ1) is 17.0. The molecular weight excluding hydrogens is 446 g/mol. The molecule has 0 heterocycles. The second kappa shape index (κ2) is 9.99. The molecule has 2 fully saturated rings. The molecule has 2 aromatic rings. The zero-order valence-corrected chi connectivity index (χ0v) is 19.9. The van der Waals surface area contributed by atoms with Crippen molar-refractivity contribution in [1.82, 2.24) is 5.32 Å². The molecule has 0 aromatic heterocycles. The molecule has 3 N–H and O–H groups in total. The van der Waals surface area contributed by atoms with Crippen LogP contribution in [0.4, 0.5) is 4.79 Å². The van der Waals surface area contributed by atoms with Crippen LogP contribution in [0.15, 0.2) is 48.5 Å². The number of aliphatic hydroxyl groups excluding tert-OH is 2. The van der Waals surface area contributed by atoms with Crippen molar-refractivity contribution in [3.63, 3.8) is 0 Å². The Balaban J connectivity index is 1.26. The summed E-state index contributed by atoms with van der Waals surface area (Å²) in [5, 5.41) is 22.3. The van der Waals surface area contributed by atoms with Gasteiger partial charge >= 0.3 is 12.1 Å². The number of hydrogen-bond donors (Lipinski definition) is 3. The van der Waals surface area contributed by atoms with Gasteiger partial charge in [0.25, 0.3) is 0 Å². The van der Waals surface area contributed by atoms with E-state index in [1.807, 2.05) is 36.4 Å². The highest BCUT2D eigenvalue weighted by molar-refractivity contribution is 5.82. The number of benzene rings is 2. The molecule has 186 valence electrons. The van der Waals surface area contributed by atoms with E-state index < -0.39 is 36.7 Å². The van der Waals surface area contributed by atoms with Crippen LogP contribution in [0.1, 0.15) is 49.7 Å². The smallest absolute Gasteiger partial charge is 0.407 e. The first-order valence-corrected chi connectivity index (χ1v) is 12.6. The fourth-order valence-corrected chi connectivity index (χ4v) is 5.19. The molecule has 3 atom stereocenters. The second-order valence-corrected chi connectivity index (χ2v) is 10.1. The molecule has 1 amide bonds. The number of carbonyl (C=O) groups excluding carboxylic acids is 2. The molecule has 0 saturated heterocycles. The summed E-state index contributed by atoms with van der Waals surface area (Å²) < 4.78 is 11.5. The first-order valence-electron chi connectivity index (χ1n) is 12.6. The molecule has 5 rings (SSSR count). The van der Waals surface area contributed by atoms with Gasteiger partial charge in [-0.25, -0.2) is 9.59 Å². The number of carbonyl (C=O) groups is 2. The van der Waals surface area contributed by atoms with Gasteiger partial charge in [0, 0.05) is 11.8 Å². The van der Waals surface area contributed by atoms with E-state index in [9.17, 15) is 19.8 Å². The zero-order chi connectivity index (χ0) is 24.5. The molecule has 0 bridgehead atoms. The van der Waals surface area contributed by atoms with Crippen LogP contribution < -0.4 is 5.32 Å². The minimum absolute atomic E-state index is 0.104. The lowest BCUT2D eigenvalue weighted by atomic mass is 9.96. The van der Waals surface area contributed by atoms with E-state index in [1.54, 1.807) is 6.92 Å². The first kappa shape index (κ1) is 23.8. The molecule has 3 aliphatic rings. The molecule has 2 aromatic carbocycles. The maximum absolute atomic E-state index is 13.1. The van der Waals surface area contributed by atoms with Crippen molar-refractivity contribution in [3.05, 3.63) is 59.7 Å². The number of hydrogen-bond acceptors (Lipinski definition) is 6. The topological polar surface area (TPSA) is 105 Å². The van der Waals surface area contributed by atoms with Gasteiger partial charge in [-0.15, -0.1) is 0 Å². The summed E-state index contributed by atoms with van der Waals surface area (Å²) in [6.45, 7) is 1.21. The van der Waals surface area contributed by atoms with Crippen LogP contribution in [-0.4, -0.2) is 53.7 Å². The predicted molar refractivity (Wildman–Crippen MR) is 130 cm³/mol.